The van der Waals surface area contributed by atoms with Gasteiger partial charge < -0.3 is 14.6 Å². The molecule has 5 heteroatoms. The minimum absolute atomic E-state index is 0.0368. The molecule has 1 saturated heterocycles. The third-order valence-corrected chi connectivity index (χ3v) is 9.04. The molecule has 1 spiro atoms. The van der Waals surface area contributed by atoms with Gasteiger partial charge in [0.1, 0.15) is 5.67 Å². The molecule has 0 unspecified atom stereocenters. The van der Waals surface area contributed by atoms with E-state index in [9.17, 15) is 9.90 Å². The number of carbonyl (C=O) groups is 1. The van der Waals surface area contributed by atoms with Crippen LogP contribution in [0.5, 0.6) is 0 Å². The summed E-state index contributed by atoms with van der Waals surface area (Å²) in [6.07, 6.45) is 7.20. The molecule has 1 N–H and O–H groups in total. The topological polar surface area (TPSA) is 55.8 Å². The fourth-order valence-electron chi connectivity index (χ4n) is 7.64. The molecule has 3 saturated carbocycles. The number of allylic oxidation sites excluding steroid dienone is 1. The second kappa shape index (κ2) is 5.89. The number of aliphatic hydroxyl groups excluding tert-OH is 1. The summed E-state index contributed by atoms with van der Waals surface area (Å²) in [6.45, 7) is 6.18. The molecule has 1 heterocycles. The van der Waals surface area contributed by atoms with Crippen LogP contribution in [0, 0.1) is 22.7 Å². The normalized spacial score (nSPS) is 55.2. The fraction of sp³-hybridized carbons (Fsp3) is 0.870. The van der Waals surface area contributed by atoms with E-state index in [1.165, 1.54) is 0 Å². The van der Waals surface area contributed by atoms with Gasteiger partial charge in [0.15, 0.2) is 6.29 Å². The van der Waals surface area contributed by atoms with E-state index in [0.717, 1.165) is 50.5 Å². The van der Waals surface area contributed by atoms with Gasteiger partial charge in [0, 0.05) is 17.8 Å². The molecule has 1 aliphatic heterocycles. The molecule has 0 aromatic rings. The maximum atomic E-state index is 17.1. The van der Waals surface area contributed by atoms with Gasteiger partial charge >= 0.3 is 0 Å². The van der Waals surface area contributed by atoms with Crippen LogP contribution in [0.4, 0.5) is 4.39 Å². The molecule has 4 fully saturated rings. The standard InChI is InChI=1S/C23H33FO4/c1-4-6-19-27-22(28-19)13-21(3)14(11-17(22)25)8-9-16-15-7-5-10-20(15,2)12-18(26)23(16,21)24/h11,15-16,18-19,26H,4-10,12-13H2,1-3H3/t15-,16-,18-,19?,20-,21-,22?,23-/m0/s1. The molecule has 5 aliphatic rings. The monoisotopic (exact) mass is 392 g/mol. The summed E-state index contributed by atoms with van der Waals surface area (Å²) in [5.74, 6) is -1.40. The van der Waals surface area contributed by atoms with Crippen molar-refractivity contribution < 1.29 is 23.8 Å². The molecule has 4 aliphatic carbocycles. The van der Waals surface area contributed by atoms with E-state index in [2.05, 4.69) is 6.92 Å². The Labute approximate surface area is 166 Å². The van der Waals surface area contributed by atoms with Crippen LogP contribution >= 0.6 is 0 Å². The molecule has 0 radical (unpaired) electrons. The van der Waals surface area contributed by atoms with Crippen LogP contribution in [-0.4, -0.2) is 34.7 Å². The van der Waals surface area contributed by atoms with Gasteiger partial charge in [-0.1, -0.05) is 39.2 Å². The molecule has 4 nitrogen and oxygen atoms in total. The van der Waals surface area contributed by atoms with Crippen molar-refractivity contribution in [3.8, 4) is 0 Å². The summed E-state index contributed by atoms with van der Waals surface area (Å²) < 4.78 is 29.0. The van der Waals surface area contributed by atoms with Crippen molar-refractivity contribution in [2.45, 2.75) is 102 Å². The van der Waals surface area contributed by atoms with Gasteiger partial charge in [-0.2, -0.15) is 0 Å². The highest BCUT2D eigenvalue weighted by Crippen LogP contribution is 2.69. The number of aliphatic hydroxyl groups is 1. The molecule has 6 atom stereocenters. The quantitative estimate of drug-likeness (QED) is 0.754. The third kappa shape index (κ3) is 2.19. The van der Waals surface area contributed by atoms with Gasteiger partial charge in [0.2, 0.25) is 11.6 Å². The van der Waals surface area contributed by atoms with E-state index in [0.29, 0.717) is 12.3 Å². The van der Waals surface area contributed by atoms with E-state index < -0.39 is 23.0 Å². The van der Waals surface area contributed by atoms with Gasteiger partial charge in [-0.3, -0.25) is 4.79 Å². The van der Waals surface area contributed by atoms with E-state index in [-0.39, 0.29) is 29.8 Å². The number of rotatable bonds is 2. The summed E-state index contributed by atoms with van der Waals surface area (Å²) in [5.41, 5.74) is -1.78. The predicted octanol–water partition coefficient (Wildman–Crippen LogP) is 4.45. The van der Waals surface area contributed by atoms with Crippen LogP contribution < -0.4 is 0 Å². The molecule has 28 heavy (non-hydrogen) atoms. The molecule has 0 aromatic heterocycles. The first-order valence-electron chi connectivity index (χ1n) is 11.2. The molecular weight excluding hydrogens is 359 g/mol. The van der Waals surface area contributed by atoms with Crippen LogP contribution in [0.2, 0.25) is 0 Å². The number of ether oxygens (including phenoxy) is 2. The number of carbonyl (C=O) groups excluding carboxylic acids is 1. The Morgan fingerprint density at radius 3 is 2.71 bits per heavy atom. The van der Waals surface area contributed by atoms with E-state index in [1.807, 2.05) is 13.8 Å². The van der Waals surface area contributed by atoms with Crippen molar-refractivity contribution in [3.05, 3.63) is 11.6 Å². The van der Waals surface area contributed by atoms with Gasteiger partial charge in [-0.15, -0.1) is 0 Å². The zero-order valence-electron chi connectivity index (χ0n) is 17.3. The van der Waals surface area contributed by atoms with Crippen LogP contribution in [0.1, 0.15) is 78.6 Å². The zero-order chi connectivity index (χ0) is 19.9. The van der Waals surface area contributed by atoms with Crippen LogP contribution in [0.3, 0.4) is 0 Å². The van der Waals surface area contributed by atoms with Crippen molar-refractivity contribution in [1.82, 2.24) is 0 Å². The highest BCUT2D eigenvalue weighted by atomic mass is 19.1. The summed E-state index contributed by atoms with van der Waals surface area (Å²) in [7, 11) is 0. The number of hydrogen-bond acceptors (Lipinski definition) is 4. The fourth-order valence-corrected chi connectivity index (χ4v) is 7.64. The van der Waals surface area contributed by atoms with E-state index in [4.69, 9.17) is 9.47 Å². The summed E-state index contributed by atoms with van der Waals surface area (Å²) in [5, 5.41) is 11.2. The lowest BCUT2D eigenvalue weighted by Gasteiger charge is -2.64. The number of alkyl halides is 1. The molecule has 0 bridgehead atoms. The van der Waals surface area contributed by atoms with Gasteiger partial charge in [-0.25, -0.2) is 4.39 Å². The first-order chi connectivity index (χ1) is 13.2. The lowest BCUT2D eigenvalue weighted by molar-refractivity contribution is -0.439. The average molecular weight is 393 g/mol. The third-order valence-electron chi connectivity index (χ3n) is 9.04. The number of halogens is 1. The van der Waals surface area contributed by atoms with Crippen LogP contribution in [0.25, 0.3) is 0 Å². The van der Waals surface area contributed by atoms with E-state index >= 15 is 4.39 Å². The molecule has 156 valence electrons. The Morgan fingerprint density at radius 2 is 2.00 bits per heavy atom. The largest absolute Gasteiger partial charge is 0.390 e. The molecule has 5 rings (SSSR count). The average Bonchev–Trinajstić information content (AvgIpc) is 2.97. The number of hydrogen-bond donors (Lipinski definition) is 1. The minimum atomic E-state index is -1.73. The Bertz CT molecular complexity index is 728. The molecule has 0 amide bonds. The Balaban J connectivity index is 1.53. The van der Waals surface area contributed by atoms with Crippen molar-refractivity contribution >= 4 is 5.78 Å². The van der Waals surface area contributed by atoms with Gasteiger partial charge in [-0.05, 0) is 55.9 Å². The van der Waals surface area contributed by atoms with Crippen molar-refractivity contribution in [2.24, 2.45) is 22.7 Å². The second-order valence-corrected chi connectivity index (χ2v) is 10.5. The minimum Gasteiger partial charge on any atom is -0.390 e. The molecular formula is C23H33FO4. The summed E-state index contributed by atoms with van der Waals surface area (Å²) in [4.78, 5) is 12.8. The number of fused-ring (bicyclic) bond motifs is 5. The SMILES string of the molecule is CCCC1OC2(C[C@@]3(C)C(=CC2=O)CC[C@H]2[C@@H]4CCC[C@@]4(C)C[C@H](O)[C@@]23F)O1. The lowest BCUT2D eigenvalue weighted by atomic mass is 9.44. The second-order valence-electron chi connectivity index (χ2n) is 10.5. The first-order valence-corrected chi connectivity index (χ1v) is 11.2. The molecule has 0 aromatic carbocycles. The van der Waals surface area contributed by atoms with Crippen LogP contribution in [-0.2, 0) is 14.3 Å². The van der Waals surface area contributed by atoms with Gasteiger partial charge in [0.25, 0.3) is 0 Å². The van der Waals surface area contributed by atoms with Crippen molar-refractivity contribution in [3.63, 3.8) is 0 Å². The van der Waals surface area contributed by atoms with Gasteiger partial charge in [0.05, 0.1) is 6.10 Å². The first kappa shape index (κ1) is 19.2. The highest BCUT2D eigenvalue weighted by Gasteiger charge is 2.73. The van der Waals surface area contributed by atoms with Crippen LogP contribution in [0.15, 0.2) is 11.6 Å². The Hall–Kier alpha value is -0.780. The smallest absolute Gasteiger partial charge is 0.238 e. The van der Waals surface area contributed by atoms with E-state index in [1.54, 1.807) is 6.08 Å². The Kier molecular flexibility index (Phi) is 4.04. The maximum absolute atomic E-state index is 17.1. The zero-order valence-corrected chi connectivity index (χ0v) is 17.3. The highest BCUT2D eigenvalue weighted by molar-refractivity contribution is 5.98. The predicted molar refractivity (Wildman–Crippen MR) is 102 cm³/mol. The summed E-state index contributed by atoms with van der Waals surface area (Å²) in [6, 6.07) is 0. The lowest BCUT2D eigenvalue weighted by Crippen LogP contribution is -2.71. The van der Waals surface area contributed by atoms with Crippen molar-refractivity contribution in [2.75, 3.05) is 0 Å². The number of ketones is 1. The maximum Gasteiger partial charge on any atom is 0.238 e. The Morgan fingerprint density at radius 1 is 1.25 bits per heavy atom. The van der Waals surface area contributed by atoms with Crippen molar-refractivity contribution in [1.29, 1.82) is 0 Å². The summed E-state index contributed by atoms with van der Waals surface area (Å²) >= 11 is 0.